The van der Waals surface area contributed by atoms with Gasteiger partial charge in [-0.1, -0.05) is 0 Å². The number of halogens is 3. The molecule has 1 rings (SSSR count). The van der Waals surface area contributed by atoms with Crippen LogP contribution in [0.25, 0.3) is 0 Å². The Bertz CT molecular complexity index is 412. The van der Waals surface area contributed by atoms with Gasteiger partial charge in [0.25, 0.3) is 5.88 Å². The minimum atomic E-state index is -4.82. The minimum absolute atomic E-state index is 0.0374. The Morgan fingerprint density at radius 1 is 1.50 bits per heavy atom. The fraction of sp³-hybridized carbons (Fsp3) is 0.333. The standard InChI is InChI=1S/C9H7F3N2O2/c1-15-7-4-6(2-3-13)5-14-8(7)16-9(10,11)12/h4-5H,2H2,1H3. The van der Waals surface area contributed by atoms with Gasteiger partial charge < -0.3 is 9.47 Å². The molecule has 1 aromatic heterocycles. The lowest BCUT2D eigenvalue weighted by atomic mass is 10.2. The maximum Gasteiger partial charge on any atom is 0.574 e. The van der Waals surface area contributed by atoms with Gasteiger partial charge in [-0.25, -0.2) is 4.98 Å². The molecule has 0 N–H and O–H groups in total. The van der Waals surface area contributed by atoms with Crippen LogP contribution >= 0.6 is 0 Å². The van der Waals surface area contributed by atoms with Crippen molar-refractivity contribution in [3.63, 3.8) is 0 Å². The summed E-state index contributed by atoms with van der Waals surface area (Å²) >= 11 is 0. The molecule has 1 heterocycles. The normalized spacial score (nSPS) is 10.7. The maximum absolute atomic E-state index is 11.9. The molecule has 0 unspecified atom stereocenters. The van der Waals surface area contributed by atoms with Crippen LogP contribution in [0.15, 0.2) is 12.3 Å². The van der Waals surface area contributed by atoms with E-state index in [1.165, 1.54) is 13.2 Å². The molecule has 0 aliphatic heterocycles. The van der Waals surface area contributed by atoms with Crippen LogP contribution in [0.5, 0.6) is 11.6 Å². The summed E-state index contributed by atoms with van der Waals surface area (Å²) in [6, 6.07) is 3.12. The van der Waals surface area contributed by atoms with E-state index in [1.54, 1.807) is 0 Å². The number of rotatable bonds is 3. The summed E-state index contributed by atoms with van der Waals surface area (Å²) in [6.07, 6.45) is -3.65. The summed E-state index contributed by atoms with van der Waals surface area (Å²) in [5.41, 5.74) is 0.453. The summed E-state index contributed by atoms with van der Waals surface area (Å²) in [5.74, 6) is -0.832. The summed E-state index contributed by atoms with van der Waals surface area (Å²) in [4.78, 5) is 3.44. The summed E-state index contributed by atoms with van der Waals surface area (Å²) in [7, 11) is 1.19. The largest absolute Gasteiger partial charge is 0.574 e. The van der Waals surface area contributed by atoms with Crippen molar-refractivity contribution >= 4 is 0 Å². The molecule has 0 aliphatic carbocycles. The lowest BCUT2D eigenvalue weighted by Gasteiger charge is -2.11. The topological polar surface area (TPSA) is 55.1 Å². The Morgan fingerprint density at radius 3 is 2.69 bits per heavy atom. The molecule has 0 amide bonds. The molecule has 4 nitrogen and oxygen atoms in total. The highest BCUT2D eigenvalue weighted by Gasteiger charge is 2.33. The van der Waals surface area contributed by atoms with Gasteiger partial charge in [0.05, 0.1) is 19.6 Å². The SMILES string of the molecule is COc1cc(CC#N)cnc1OC(F)(F)F. The fourth-order valence-corrected chi connectivity index (χ4v) is 0.993. The van der Waals surface area contributed by atoms with Crippen LogP contribution in [0.3, 0.4) is 0 Å². The highest BCUT2D eigenvalue weighted by molar-refractivity contribution is 5.37. The Hall–Kier alpha value is -1.97. The van der Waals surface area contributed by atoms with Crippen LogP contribution in [0, 0.1) is 11.3 Å². The average molecular weight is 232 g/mol. The van der Waals surface area contributed by atoms with Crippen LogP contribution in [0.1, 0.15) is 5.56 Å². The monoisotopic (exact) mass is 232 g/mol. The van der Waals surface area contributed by atoms with Gasteiger partial charge in [-0.15, -0.1) is 13.2 Å². The van der Waals surface area contributed by atoms with Crippen molar-refractivity contribution in [2.75, 3.05) is 7.11 Å². The predicted molar refractivity (Wildman–Crippen MR) is 46.8 cm³/mol. The second-order valence-corrected chi connectivity index (χ2v) is 2.73. The third-order valence-electron chi connectivity index (χ3n) is 1.59. The van der Waals surface area contributed by atoms with Gasteiger partial charge in [-0.2, -0.15) is 5.26 Å². The molecule has 0 radical (unpaired) electrons. The highest BCUT2D eigenvalue weighted by atomic mass is 19.4. The van der Waals surface area contributed by atoms with Crippen molar-refractivity contribution < 1.29 is 22.6 Å². The number of nitrogens with zero attached hydrogens (tertiary/aromatic N) is 2. The lowest BCUT2D eigenvalue weighted by Crippen LogP contribution is -2.18. The van der Waals surface area contributed by atoms with E-state index in [0.29, 0.717) is 5.56 Å². The summed E-state index contributed by atoms with van der Waals surface area (Å²) in [6.45, 7) is 0. The van der Waals surface area contributed by atoms with E-state index in [1.807, 2.05) is 6.07 Å². The van der Waals surface area contributed by atoms with Crippen molar-refractivity contribution in [1.29, 1.82) is 5.26 Å². The molecule has 0 atom stereocenters. The molecule has 0 aromatic carbocycles. The van der Waals surface area contributed by atoms with Gasteiger partial charge >= 0.3 is 6.36 Å². The summed E-state index contributed by atoms with van der Waals surface area (Å²) < 4.78 is 44.1. The number of alkyl halides is 3. The molecule has 0 aliphatic rings. The molecular weight excluding hydrogens is 225 g/mol. The zero-order valence-electron chi connectivity index (χ0n) is 8.21. The van der Waals surface area contributed by atoms with Crippen molar-refractivity contribution in [1.82, 2.24) is 4.98 Å². The molecule has 0 spiro atoms. The van der Waals surface area contributed by atoms with Gasteiger partial charge in [0.2, 0.25) is 0 Å². The van der Waals surface area contributed by atoms with Gasteiger partial charge in [0.1, 0.15) is 0 Å². The number of hydrogen-bond donors (Lipinski definition) is 0. The van der Waals surface area contributed by atoms with Crippen molar-refractivity contribution in [3.8, 4) is 17.7 Å². The van der Waals surface area contributed by atoms with Crippen LogP contribution in [0.2, 0.25) is 0 Å². The van der Waals surface area contributed by atoms with Gasteiger partial charge in [-0.05, 0) is 11.6 Å². The first-order valence-electron chi connectivity index (χ1n) is 4.12. The Labute approximate surface area is 89.2 Å². The molecule has 7 heteroatoms. The van der Waals surface area contributed by atoms with Crippen LogP contribution in [-0.4, -0.2) is 18.5 Å². The first-order valence-corrected chi connectivity index (χ1v) is 4.12. The number of ether oxygens (including phenoxy) is 2. The molecule has 1 aromatic rings. The number of nitriles is 1. The molecule has 0 saturated carbocycles. The quantitative estimate of drug-likeness (QED) is 0.800. The third kappa shape index (κ3) is 3.31. The number of methoxy groups -OCH3 is 1. The molecule has 0 saturated heterocycles. The van der Waals surface area contributed by atoms with Gasteiger partial charge in [0.15, 0.2) is 5.75 Å². The van der Waals surface area contributed by atoms with E-state index >= 15 is 0 Å². The van der Waals surface area contributed by atoms with Crippen molar-refractivity contribution in [2.24, 2.45) is 0 Å². The van der Waals surface area contributed by atoms with Gasteiger partial charge in [0, 0.05) is 6.20 Å². The third-order valence-corrected chi connectivity index (χ3v) is 1.59. The first-order chi connectivity index (χ1) is 7.46. The van der Waals surface area contributed by atoms with Crippen LogP contribution in [-0.2, 0) is 6.42 Å². The lowest BCUT2D eigenvalue weighted by molar-refractivity contribution is -0.276. The zero-order valence-corrected chi connectivity index (χ0v) is 8.21. The van der Waals surface area contributed by atoms with E-state index in [0.717, 1.165) is 6.20 Å². The Balaban J connectivity index is 2.98. The smallest absolute Gasteiger partial charge is 0.491 e. The molecule has 0 bridgehead atoms. The predicted octanol–water partition coefficient (Wildman–Crippen LogP) is 2.05. The highest BCUT2D eigenvalue weighted by Crippen LogP contribution is 2.30. The van der Waals surface area contributed by atoms with E-state index in [-0.39, 0.29) is 12.2 Å². The number of aromatic nitrogens is 1. The van der Waals surface area contributed by atoms with Crippen LogP contribution < -0.4 is 9.47 Å². The van der Waals surface area contributed by atoms with E-state index in [4.69, 9.17) is 5.26 Å². The molecule has 86 valence electrons. The second-order valence-electron chi connectivity index (χ2n) is 2.73. The maximum atomic E-state index is 11.9. The summed E-state index contributed by atoms with van der Waals surface area (Å²) in [5, 5.41) is 8.41. The van der Waals surface area contributed by atoms with Gasteiger partial charge in [-0.3, -0.25) is 0 Å². The average Bonchev–Trinajstić information content (AvgIpc) is 2.18. The molecular formula is C9H7F3N2O2. The van der Waals surface area contributed by atoms with E-state index < -0.39 is 12.2 Å². The Kier molecular flexibility index (Phi) is 3.55. The van der Waals surface area contributed by atoms with E-state index in [9.17, 15) is 13.2 Å². The first kappa shape index (κ1) is 12.1. The zero-order chi connectivity index (χ0) is 12.2. The number of hydrogen-bond acceptors (Lipinski definition) is 4. The van der Waals surface area contributed by atoms with Crippen LogP contribution in [0.4, 0.5) is 13.2 Å². The molecule has 0 fully saturated rings. The Morgan fingerprint density at radius 2 is 2.19 bits per heavy atom. The molecule has 16 heavy (non-hydrogen) atoms. The second kappa shape index (κ2) is 4.70. The van der Waals surface area contributed by atoms with Crippen molar-refractivity contribution in [3.05, 3.63) is 17.8 Å². The fourth-order valence-electron chi connectivity index (χ4n) is 0.993. The minimum Gasteiger partial charge on any atom is -0.491 e. The number of pyridine rings is 1. The van der Waals surface area contributed by atoms with E-state index in [2.05, 4.69) is 14.5 Å². The van der Waals surface area contributed by atoms with Crippen molar-refractivity contribution in [2.45, 2.75) is 12.8 Å².